The fraction of sp³-hybridized carbons (Fsp3) is 0.469. The first kappa shape index (κ1) is 34.0. The predicted octanol–water partition coefficient (Wildman–Crippen LogP) is 0.374. The first-order chi connectivity index (χ1) is 20.8. The molecule has 1 fully saturated rings. The van der Waals surface area contributed by atoms with E-state index in [1.807, 2.05) is 44.2 Å². The first-order valence-electron chi connectivity index (χ1n) is 14.8. The largest absolute Gasteiger partial charge is 0.508 e. The van der Waals surface area contributed by atoms with Gasteiger partial charge < -0.3 is 37.0 Å². The number of hydrogen-bond donors (Lipinski definition) is 6. The number of piperazine rings is 1. The standard InChI is InChI=1S/C32H44N6O6/c1-20(2)18-32(4)31(44)34-14-15-38(32)30(43)26(17-22-8-6-5-7-9-22)37-27(40)19-35-28(41)21(3)36-29(42)25(33)16-23-10-12-24(39)13-11-23/h5-13,20-21,25-26,39H,14-19,33H2,1-4H3,(H,34,44)(H,35,41)(H,36,42)(H,37,40)/t21-,25+,26+,32?/m1/s1. The van der Waals surface area contributed by atoms with E-state index in [2.05, 4.69) is 21.3 Å². The number of carbonyl (C=O) groups is 5. The van der Waals surface area contributed by atoms with E-state index in [-0.39, 0.29) is 36.3 Å². The second-order valence-electron chi connectivity index (χ2n) is 11.9. The van der Waals surface area contributed by atoms with Gasteiger partial charge in [0.25, 0.3) is 0 Å². The maximum Gasteiger partial charge on any atom is 0.246 e. The summed E-state index contributed by atoms with van der Waals surface area (Å²) in [6.45, 7) is 7.36. The van der Waals surface area contributed by atoms with Crippen molar-refractivity contribution < 1.29 is 29.1 Å². The van der Waals surface area contributed by atoms with E-state index in [1.54, 1.807) is 24.0 Å². The van der Waals surface area contributed by atoms with Crippen molar-refractivity contribution in [3.63, 3.8) is 0 Å². The molecule has 0 spiro atoms. The smallest absolute Gasteiger partial charge is 0.246 e. The van der Waals surface area contributed by atoms with Crippen molar-refractivity contribution in [2.24, 2.45) is 11.7 Å². The topological polar surface area (TPSA) is 183 Å². The molecule has 5 amide bonds. The van der Waals surface area contributed by atoms with Gasteiger partial charge in [-0.1, -0.05) is 56.3 Å². The van der Waals surface area contributed by atoms with Crippen LogP contribution in [0, 0.1) is 5.92 Å². The number of nitrogens with two attached hydrogens (primary N) is 1. The Balaban J connectivity index is 1.62. The summed E-state index contributed by atoms with van der Waals surface area (Å²) < 4.78 is 0. The quantitative estimate of drug-likeness (QED) is 0.190. The normalized spacial score (nSPS) is 18.5. The molecular weight excluding hydrogens is 564 g/mol. The molecule has 1 heterocycles. The molecule has 1 aliphatic heterocycles. The number of aromatic hydroxyl groups is 1. The van der Waals surface area contributed by atoms with E-state index < -0.39 is 47.9 Å². The van der Waals surface area contributed by atoms with Gasteiger partial charge in [-0.15, -0.1) is 0 Å². The van der Waals surface area contributed by atoms with Crippen molar-refractivity contribution in [1.29, 1.82) is 0 Å². The monoisotopic (exact) mass is 608 g/mol. The summed E-state index contributed by atoms with van der Waals surface area (Å²) >= 11 is 0. The maximum atomic E-state index is 13.9. The highest BCUT2D eigenvalue weighted by atomic mass is 16.3. The highest BCUT2D eigenvalue weighted by Gasteiger charge is 2.46. The fourth-order valence-corrected chi connectivity index (χ4v) is 5.36. The third-order valence-corrected chi connectivity index (χ3v) is 7.60. The molecule has 12 nitrogen and oxygen atoms in total. The number of phenolic OH excluding ortho intramolecular Hbond substituents is 1. The van der Waals surface area contributed by atoms with Gasteiger partial charge >= 0.3 is 0 Å². The summed E-state index contributed by atoms with van der Waals surface area (Å²) in [7, 11) is 0. The number of amides is 5. The molecular formula is C32H44N6O6. The van der Waals surface area contributed by atoms with Gasteiger partial charge in [0.15, 0.2) is 0 Å². The maximum absolute atomic E-state index is 13.9. The Kier molecular flexibility index (Phi) is 11.9. The predicted molar refractivity (Wildman–Crippen MR) is 165 cm³/mol. The van der Waals surface area contributed by atoms with Crippen molar-refractivity contribution in [2.75, 3.05) is 19.6 Å². The second-order valence-corrected chi connectivity index (χ2v) is 11.9. The second kappa shape index (κ2) is 15.3. The summed E-state index contributed by atoms with van der Waals surface area (Å²) in [6, 6.07) is 12.6. The summed E-state index contributed by atoms with van der Waals surface area (Å²) in [5, 5.41) is 20.1. The van der Waals surface area contributed by atoms with Crippen LogP contribution in [0.3, 0.4) is 0 Å². The number of hydrogen-bond acceptors (Lipinski definition) is 7. The number of phenols is 1. The third-order valence-electron chi connectivity index (χ3n) is 7.60. The van der Waals surface area contributed by atoms with Crippen LogP contribution in [0.1, 0.15) is 45.2 Å². The van der Waals surface area contributed by atoms with Gasteiger partial charge in [0.05, 0.1) is 12.6 Å². The Morgan fingerprint density at radius 3 is 2.23 bits per heavy atom. The zero-order valence-corrected chi connectivity index (χ0v) is 25.8. The Bertz CT molecular complexity index is 1320. The van der Waals surface area contributed by atoms with Crippen molar-refractivity contribution in [3.05, 3.63) is 65.7 Å². The minimum Gasteiger partial charge on any atom is -0.508 e. The Morgan fingerprint density at radius 2 is 1.59 bits per heavy atom. The average molecular weight is 609 g/mol. The highest BCUT2D eigenvalue weighted by molar-refractivity contribution is 5.96. The molecule has 1 unspecified atom stereocenters. The van der Waals surface area contributed by atoms with Crippen LogP contribution in [-0.4, -0.2) is 82.8 Å². The molecule has 0 aromatic heterocycles. The lowest BCUT2D eigenvalue weighted by Crippen LogP contribution is -2.68. The van der Waals surface area contributed by atoms with Gasteiger partial charge in [-0.3, -0.25) is 24.0 Å². The van der Waals surface area contributed by atoms with Crippen molar-refractivity contribution in [3.8, 4) is 5.75 Å². The van der Waals surface area contributed by atoms with E-state index in [1.165, 1.54) is 19.1 Å². The molecule has 2 aromatic carbocycles. The Morgan fingerprint density at radius 1 is 0.955 bits per heavy atom. The van der Waals surface area contributed by atoms with Crippen LogP contribution >= 0.6 is 0 Å². The zero-order valence-electron chi connectivity index (χ0n) is 25.8. The fourth-order valence-electron chi connectivity index (χ4n) is 5.36. The van der Waals surface area contributed by atoms with E-state index >= 15 is 0 Å². The molecule has 12 heteroatoms. The molecule has 7 N–H and O–H groups in total. The molecule has 2 aromatic rings. The van der Waals surface area contributed by atoms with E-state index in [9.17, 15) is 29.1 Å². The van der Waals surface area contributed by atoms with Crippen LogP contribution in [0.5, 0.6) is 5.75 Å². The Labute approximate surface area is 258 Å². The van der Waals surface area contributed by atoms with Crippen molar-refractivity contribution >= 4 is 29.5 Å². The molecule has 0 aliphatic carbocycles. The van der Waals surface area contributed by atoms with Gasteiger partial charge in [-0.25, -0.2) is 0 Å². The third kappa shape index (κ3) is 9.27. The van der Waals surface area contributed by atoms with Crippen molar-refractivity contribution in [2.45, 2.75) is 70.6 Å². The first-order valence-corrected chi connectivity index (χ1v) is 14.8. The van der Waals surface area contributed by atoms with Crippen LogP contribution in [0.25, 0.3) is 0 Å². The summed E-state index contributed by atoms with van der Waals surface area (Å²) in [5.74, 6) is -2.12. The number of rotatable bonds is 13. The minimum absolute atomic E-state index is 0.0976. The zero-order chi connectivity index (χ0) is 32.4. The summed E-state index contributed by atoms with van der Waals surface area (Å²) in [5.41, 5.74) is 6.48. The van der Waals surface area contributed by atoms with Gasteiger partial charge in [0.2, 0.25) is 29.5 Å². The lowest BCUT2D eigenvalue weighted by Gasteiger charge is -2.45. The van der Waals surface area contributed by atoms with Gasteiger partial charge in [0, 0.05) is 19.5 Å². The van der Waals surface area contributed by atoms with Crippen LogP contribution < -0.4 is 27.0 Å². The van der Waals surface area contributed by atoms with E-state index in [0.717, 1.165) is 11.1 Å². The molecule has 238 valence electrons. The number of nitrogens with zero attached hydrogens (tertiary/aromatic N) is 1. The molecule has 4 atom stereocenters. The number of nitrogens with one attached hydrogen (secondary N) is 4. The molecule has 0 bridgehead atoms. The number of benzene rings is 2. The molecule has 3 rings (SSSR count). The molecule has 0 saturated carbocycles. The van der Waals surface area contributed by atoms with Gasteiger partial charge in [-0.05, 0) is 55.9 Å². The summed E-state index contributed by atoms with van der Waals surface area (Å²) in [4.78, 5) is 66.7. The lowest BCUT2D eigenvalue weighted by atomic mass is 9.85. The van der Waals surface area contributed by atoms with Crippen molar-refractivity contribution in [1.82, 2.24) is 26.2 Å². The average Bonchev–Trinajstić information content (AvgIpc) is 2.98. The summed E-state index contributed by atoms with van der Waals surface area (Å²) in [6.07, 6.45) is 0.851. The molecule has 1 aliphatic rings. The van der Waals surface area contributed by atoms with Gasteiger partial charge in [-0.2, -0.15) is 0 Å². The number of carbonyl (C=O) groups excluding carboxylic acids is 5. The lowest BCUT2D eigenvalue weighted by molar-refractivity contribution is -0.153. The molecule has 0 radical (unpaired) electrons. The molecule has 44 heavy (non-hydrogen) atoms. The minimum atomic E-state index is -1.08. The SMILES string of the molecule is CC(C)CC1(C)C(=O)NCCN1C(=O)[C@H](Cc1ccccc1)NC(=O)CNC(=O)[C@@H](C)NC(=O)[C@@H](N)Cc1ccc(O)cc1. The van der Waals surface area contributed by atoms with E-state index in [0.29, 0.717) is 19.5 Å². The highest BCUT2D eigenvalue weighted by Crippen LogP contribution is 2.28. The van der Waals surface area contributed by atoms with E-state index in [4.69, 9.17) is 5.73 Å². The van der Waals surface area contributed by atoms with Gasteiger partial charge in [0.1, 0.15) is 23.4 Å². The van der Waals surface area contributed by atoms with Crippen LogP contribution in [0.4, 0.5) is 0 Å². The van der Waals surface area contributed by atoms with Crippen LogP contribution in [0.2, 0.25) is 0 Å². The Hall–Kier alpha value is -4.45. The van der Waals surface area contributed by atoms with Crippen LogP contribution in [0.15, 0.2) is 54.6 Å². The van der Waals surface area contributed by atoms with Crippen LogP contribution in [-0.2, 0) is 36.8 Å². The molecule has 1 saturated heterocycles.